The molecule has 0 unspecified atom stereocenters. The summed E-state index contributed by atoms with van der Waals surface area (Å²) < 4.78 is 39.6. The van der Waals surface area contributed by atoms with Gasteiger partial charge in [-0.25, -0.2) is 0 Å². The highest BCUT2D eigenvalue weighted by molar-refractivity contribution is 6.35. The van der Waals surface area contributed by atoms with Crippen LogP contribution >= 0.6 is 11.6 Å². The number of carbonyl (C=O) groups is 2. The van der Waals surface area contributed by atoms with Crippen LogP contribution in [-0.2, 0) is 6.18 Å². The zero-order valence-electron chi connectivity index (χ0n) is 10.9. The molecular weight excluding hydrogens is 317 g/mol. The minimum Gasteiger partial charge on any atom is -0.293 e. The summed E-state index contributed by atoms with van der Waals surface area (Å²) in [6, 6.07) is 9.19. The van der Waals surface area contributed by atoms with Crippen molar-refractivity contribution >= 4 is 23.2 Å². The fourth-order valence-corrected chi connectivity index (χ4v) is 2.97. The largest absolute Gasteiger partial charge is 0.416 e. The van der Waals surface area contributed by atoms with Crippen molar-refractivity contribution in [3.05, 3.63) is 69.7 Å². The minimum atomic E-state index is -4.70. The monoisotopic (exact) mass is 324 g/mol. The first-order valence-electron chi connectivity index (χ1n) is 6.35. The molecule has 2 nitrogen and oxygen atoms in total. The van der Waals surface area contributed by atoms with Gasteiger partial charge in [0.2, 0.25) is 0 Å². The molecule has 22 heavy (non-hydrogen) atoms. The van der Waals surface area contributed by atoms with Crippen LogP contribution in [0.25, 0.3) is 0 Å². The normalized spacial score (nSPS) is 15.3. The lowest BCUT2D eigenvalue weighted by Crippen LogP contribution is -2.19. The lowest BCUT2D eigenvalue weighted by atomic mass is 9.90. The van der Waals surface area contributed by atoms with E-state index in [0.29, 0.717) is 0 Å². The van der Waals surface area contributed by atoms with Gasteiger partial charge in [-0.3, -0.25) is 9.59 Å². The summed E-state index contributed by atoms with van der Waals surface area (Å²) in [4.78, 5) is 24.8. The molecule has 112 valence electrons. The molecule has 0 spiro atoms. The van der Waals surface area contributed by atoms with Gasteiger partial charge >= 0.3 is 6.18 Å². The van der Waals surface area contributed by atoms with Crippen molar-refractivity contribution in [3.63, 3.8) is 0 Å². The second-order valence-corrected chi connectivity index (χ2v) is 5.31. The number of rotatable bonds is 1. The second-order valence-electron chi connectivity index (χ2n) is 4.91. The Labute approximate surface area is 128 Å². The lowest BCUT2D eigenvalue weighted by molar-refractivity contribution is -0.138. The molecule has 0 radical (unpaired) electrons. The number of Topliss-reactive ketones (excluding diaryl/α,β-unsaturated/α-hetero) is 2. The average molecular weight is 325 g/mol. The van der Waals surface area contributed by atoms with Crippen LogP contribution in [0.4, 0.5) is 13.2 Å². The van der Waals surface area contributed by atoms with Crippen molar-refractivity contribution in [2.75, 3.05) is 0 Å². The minimum absolute atomic E-state index is 0.130. The highest BCUT2D eigenvalue weighted by atomic mass is 35.5. The Morgan fingerprint density at radius 1 is 0.864 bits per heavy atom. The number of alkyl halides is 3. The summed E-state index contributed by atoms with van der Waals surface area (Å²) in [7, 11) is 0. The number of hydrogen-bond donors (Lipinski definition) is 0. The number of carbonyl (C=O) groups excluding carboxylic acids is 2. The third kappa shape index (κ3) is 2.13. The number of halogens is 4. The molecule has 0 aliphatic heterocycles. The van der Waals surface area contributed by atoms with E-state index < -0.39 is 34.8 Å². The van der Waals surface area contributed by atoms with Crippen molar-refractivity contribution in [3.8, 4) is 0 Å². The molecule has 0 atom stereocenters. The summed E-state index contributed by atoms with van der Waals surface area (Å²) in [5.74, 6) is -2.85. The SMILES string of the molecule is O=C1c2ccccc2C(=O)C1c1c(Cl)cccc1C(F)(F)F. The van der Waals surface area contributed by atoms with E-state index in [2.05, 4.69) is 0 Å². The van der Waals surface area contributed by atoms with E-state index in [0.717, 1.165) is 12.1 Å². The molecule has 0 amide bonds. The van der Waals surface area contributed by atoms with Gasteiger partial charge in [0.25, 0.3) is 0 Å². The van der Waals surface area contributed by atoms with Crippen molar-refractivity contribution in [2.24, 2.45) is 0 Å². The van der Waals surface area contributed by atoms with Crippen LogP contribution in [-0.4, -0.2) is 11.6 Å². The molecule has 0 aromatic heterocycles. The molecule has 2 aromatic rings. The second kappa shape index (κ2) is 4.95. The number of benzene rings is 2. The van der Waals surface area contributed by atoms with Gasteiger partial charge in [-0.05, 0) is 12.1 Å². The van der Waals surface area contributed by atoms with Gasteiger partial charge in [-0.2, -0.15) is 13.2 Å². The predicted molar refractivity (Wildman–Crippen MR) is 74.3 cm³/mol. The third-order valence-electron chi connectivity index (χ3n) is 3.63. The molecule has 0 heterocycles. The van der Waals surface area contributed by atoms with Crippen molar-refractivity contribution in [2.45, 2.75) is 12.1 Å². The average Bonchev–Trinajstić information content (AvgIpc) is 2.71. The zero-order chi connectivity index (χ0) is 16.1. The van der Waals surface area contributed by atoms with E-state index in [9.17, 15) is 22.8 Å². The zero-order valence-corrected chi connectivity index (χ0v) is 11.7. The quantitative estimate of drug-likeness (QED) is 0.723. The van der Waals surface area contributed by atoms with Gasteiger partial charge in [0, 0.05) is 21.7 Å². The molecule has 2 aromatic carbocycles. The van der Waals surface area contributed by atoms with Gasteiger partial charge in [0.15, 0.2) is 11.6 Å². The van der Waals surface area contributed by atoms with Crippen LogP contribution in [0.5, 0.6) is 0 Å². The molecule has 0 fully saturated rings. The maximum absolute atomic E-state index is 13.2. The van der Waals surface area contributed by atoms with Gasteiger partial charge in [-0.15, -0.1) is 0 Å². The molecule has 0 saturated heterocycles. The summed E-state index contributed by atoms with van der Waals surface area (Å²) in [5.41, 5.74) is -1.27. The molecule has 0 bridgehead atoms. The van der Waals surface area contributed by atoms with Gasteiger partial charge in [0.1, 0.15) is 5.92 Å². The Morgan fingerprint density at radius 2 is 1.41 bits per heavy atom. The Hall–Kier alpha value is -2.14. The van der Waals surface area contributed by atoms with E-state index in [-0.39, 0.29) is 16.1 Å². The number of fused-ring (bicyclic) bond motifs is 1. The summed E-state index contributed by atoms with van der Waals surface area (Å²) >= 11 is 5.88. The topological polar surface area (TPSA) is 34.1 Å². The standard InChI is InChI=1S/C16H8ClF3O2/c17-11-7-3-6-10(16(18,19)20)12(11)13-14(21)8-4-1-2-5-9(8)15(13)22/h1-7,13H. The van der Waals surface area contributed by atoms with Crippen molar-refractivity contribution in [1.82, 2.24) is 0 Å². The van der Waals surface area contributed by atoms with Crippen LogP contribution in [0.3, 0.4) is 0 Å². The lowest BCUT2D eigenvalue weighted by Gasteiger charge is -2.17. The van der Waals surface area contributed by atoms with E-state index in [4.69, 9.17) is 11.6 Å². The Kier molecular flexibility index (Phi) is 3.33. The van der Waals surface area contributed by atoms with Crippen molar-refractivity contribution in [1.29, 1.82) is 0 Å². The highest BCUT2D eigenvalue weighted by Crippen LogP contribution is 2.43. The molecule has 1 aliphatic carbocycles. The Morgan fingerprint density at radius 3 is 1.91 bits per heavy atom. The third-order valence-corrected chi connectivity index (χ3v) is 3.96. The first-order valence-corrected chi connectivity index (χ1v) is 6.73. The van der Waals surface area contributed by atoms with Crippen molar-refractivity contribution < 1.29 is 22.8 Å². The fourth-order valence-electron chi connectivity index (χ4n) is 2.68. The maximum atomic E-state index is 13.2. The smallest absolute Gasteiger partial charge is 0.293 e. The summed E-state index contributed by atoms with van der Waals surface area (Å²) in [6.45, 7) is 0. The molecule has 0 N–H and O–H groups in total. The fraction of sp³-hybridized carbons (Fsp3) is 0.125. The molecule has 3 rings (SSSR count). The van der Waals surface area contributed by atoms with E-state index >= 15 is 0 Å². The van der Waals surface area contributed by atoms with E-state index in [1.807, 2.05) is 0 Å². The van der Waals surface area contributed by atoms with Crippen LogP contribution in [0.15, 0.2) is 42.5 Å². The molecule has 1 aliphatic rings. The molecular formula is C16H8ClF3O2. The predicted octanol–water partition coefficient (Wildman–Crippen LogP) is 4.52. The first-order chi connectivity index (χ1) is 10.3. The molecule has 6 heteroatoms. The van der Waals surface area contributed by atoms with Gasteiger partial charge < -0.3 is 0 Å². The highest BCUT2D eigenvalue weighted by Gasteiger charge is 2.45. The first kappa shape index (κ1) is 14.8. The number of ketones is 2. The van der Waals surface area contributed by atoms with Crippen LogP contribution in [0, 0.1) is 0 Å². The van der Waals surface area contributed by atoms with Gasteiger partial charge in [0.05, 0.1) is 5.56 Å². The summed E-state index contributed by atoms with van der Waals surface area (Å²) in [5, 5.41) is -0.241. The van der Waals surface area contributed by atoms with Crippen LogP contribution in [0.1, 0.15) is 37.8 Å². The Bertz CT molecular complexity index is 761. The van der Waals surface area contributed by atoms with Gasteiger partial charge in [-0.1, -0.05) is 41.9 Å². The summed E-state index contributed by atoms with van der Waals surface area (Å²) in [6.07, 6.45) is -4.70. The Balaban J connectivity index is 2.23. The molecule has 0 saturated carbocycles. The van der Waals surface area contributed by atoms with Crippen LogP contribution in [0.2, 0.25) is 5.02 Å². The maximum Gasteiger partial charge on any atom is 0.416 e. The van der Waals surface area contributed by atoms with E-state index in [1.165, 1.54) is 18.2 Å². The number of hydrogen-bond acceptors (Lipinski definition) is 2. The van der Waals surface area contributed by atoms with E-state index in [1.54, 1.807) is 12.1 Å². The van der Waals surface area contributed by atoms with Crippen LogP contribution < -0.4 is 0 Å².